The van der Waals surface area contributed by atoms with Crippen molar-refractivity contribution >= 4 is 11.8 Å². The zero-order chi connectivity index (χ0) is 16.4. The van der Waals surface area contributed by atoms with Gasteiger partial charge < -0.3 is 9.64 Å². The fourth-order valence-electron chi connectivity index (χ4n) is 3.03. The molecular formula is C18H21N3O2. The summed E-state index contributed by atoms with van der Waals surface area (Å²) in [6.07, 6.45) is 2.42. The van der Waals surface area contributed by atoms with Crippen LogP contribution in [0, 0.1) is 13.8 Å². The van der Waals surface area contributed by atoms with E-state index in [0.717, 1.165) is 30.9 Å². The van der Waals surface area contributed by atoms with Crippen molar-refractivity contribution < 1.29 is 9.53 Å². The van der Waals surface area contributed by atoms with E-state index < -0.39 is 0 Å². The van der Waals surface area contributed by atoms with Gasteiger partial charge in [-0.25, -0.2) is 14.8 Å². The average molecular weight is 311 g/mol. The van der Waals surface area contributed by atoms with E-state index in [4.69, 9.17) is 4.74 Å². The monoisotopic (exact) mass is 311 g/mol. The molecule has 120 valence electrons. The van der Waals surface area contributed by atoms with Gasteiger partial charge in [0.1, 0.15) is 12.1 Å². The first-order valence-corrected chi connectivity index (χ1v) is 7.92. The predicted octanol–water partition coefficient (Wildman–Crippen LogP) is 2.83. The number of hydrogen-bond acceptors (Lipinski definition) is 5. The van der Waals surface area contributed by atoms with Gasteiger partial charge in [0.2, 0.25) is 0 Å². The molecule has 0 radical (unpaired) electrons. The summed E-state index contributed by atoms with van der Waals surface area (Å²) < 4.78 is 5.08. The second-order valence-corrected chi connectivity index (χ2v) is 5.84. The van der Waals surface area contributed by atoms with E-state index in [1.807, 2.05) is 6.92 Å². The number of carbonyl (C=O) groups is 1. The molecule has 1 aromatic carbocycles. The minimum absolute atomic E-state index is 0.341. The molecule has 0 bridgehead atoms. The standard InChI is InChI=1S/C18H21N3O2/c1-4-23-18(22)16-13(3)17(20-11-19-16)21-8-7-14-6-5-12(2)9-15(14)10-21/h5-6,9,11H,4,7-8,10H2,1-3H3. The number of anilines is 1. The van der Waals surface area contributed by atoms with E-state index in [1.165, 1.54) is 23.0 Å². The summed E-state index contributed by atoms with van der Waals surface area (Å²) in [6, 6.07) is 6.59. The van der Waals surface area contributed by atoms with Crippen LogP contribution in [-0.2, 0) is 17.7 Å². The number of nitrogens with zero attached hydrogens (tertiary/aromatic N) is 3. The number of esters is 1. The van der Waals surface area contributed by atoms with E-state index in [-0.39, 0.29) is 5.97 Å². The molecule has 1 aliphatic rings. The van der Waals surface area contributed by atoms with Gasteiger partial charge in [-0.3, -0.25) is 0 Å². The first-order valence-electron chi connectivity index (χ1n) is 7.92. The smallest absolute Gasteiger partial charge is 0.357 e. The van der Waals surface area contributed by atoms with Gasteiger partial charge in [0.25, 0.3) is 0 Å². The Kier molecular flexibility index (Phi) is 4.28. The van der Waals surface area contributed by atoms with Gasteiger partial charge in [0.15, 0.2) is 5.69 Å². The van der Waals surface area contributed by atoms with Crippen molar-refractivity contribution in [3.63, 3.8) is 0 Å². The van der Waals surface area contributed by atoms with Crippen LogP contribution in [0.15, 0.2) is 24.5 Å². The van der Waals surface area contributed by atoms with Crippen LogP contribution in [0.25, 0.3) is 0 Å². The van der Waals surface area contributed by atoms with Gasteiger partial charge in [0.05, 0.1) is 6.61 Å². The minimum Gasteiger partial charge on any atom is -0.461 e. The van der Waals surface area contributed by atoms with Crippen LogP contribution in [0.3, 0.4) is 0 Å². The van der Waals surface area contributed by atoms with Crippen molar-refractivity contribution in [1.82, 2.24) is 9.97 Å². The Balaban J connectivity index is 1.91. The lowest BCUT2D eigenvalue weighted by Gasteiger charge is -2.31. The molecule has 2 heterocycles. The molecule has 1 aliphatic heterocycles. The van der Waals surface area contributed by atoms with E-state index in [9.17, 15) is 4.79 Å². The van der Waals surface area contributed by atoms with Crippen molar-refractivity contribution in [2.75, 3.05) is 18.1 Å². The molecule has 0 saturated carbocycles. The number of rotatable bonds is 3. The third-order valence-electron chi connectivity index (χ3n) is 4.20. The Morgan fingerprint density at radius 2 is 2.09 bits per heavy atom. The maximum atomic E-state index is 12.0. The summed E-state index contributed by atoms with van der Waals surface area (Å²) in [5.41, 5.74) is 5.11. The molecular weight excluding hydrogens is 290 g/mol. The van der Waals surface area contributed by atoms with Gasteiger partial charge in [-0.1, -0.05) is 23.8 Å². The molecule has 0 aliphatic carbocycles. The van der Waals surface area contributed by atoms with E-state index in [1.54, 1.807) is 6.92 Å². The quantitative estimate of drug-likeness (QED) is 0.816. The van der Waals surface area contributed by atoms with Crippen LogP contribution in [0.4, 0.5) is 5.82 Å². The summed E-state index contributed by atoms with van der Waals surface area (Å²) in [4.78, 5) is 22.7. The van der Waals surface area contributed by atoms with Crippen molar-refractivity contribution in [2.24, 2.45) is 0 Å². The van der Waals surface area contributed by atoms with Crippen LogP contribution in [0.1, 0.15) is 39.7 Å². The number of benzene rings is 1. The molecule has 2 aromatic rings. The van der Waals surface area contributed by atoms with Crippen LogP contribution in [-0.4, -0.2) is 29.1 Å². The van der Waals surface area contributed by atoms with Crippen molar-refractivity contribution in [2.45, 2.75) is 33.7 Å². The van der Waals surface area contributed by atoms with Gasteiger partial charge in [-0.2, -0.15) is 0 Å². The molecule has 0 atom stereocenters. The lowest BCUT2D eigenvalue weighted by molar-refractivity contribution is 0.0518. The van der Waals surface area contributed by atoms with Crippen LogP contribution in [0.5, 0.6) is 0 Å². The van der Waals surface area contributed by atoms with E-state index in [0.29, 0.717) is 12.3 Å². The normalized spacial score (nSPS) is 13.6. The maximum Gasteiger partial charge on any atom is 0.357 e. The number of fused-ring (bicyclic) bond motifs is 1. The summed E-state index contributed by atoms with van der Waals surface area (Å²) in [7, 11) is 0. The van der Waals surface area contributed by atoms with Gasteiger partial charge in [-0.05, 0) is 38.3 Å². The molecule has 0 amide bonds. The lowest BCUT2D eigenvalue weighted by atomic mass is 9.97. The molecule has 0 N–H and O–H groups in total. The highest BCUT2D eigenvalue weighted by Gasteiger charge is 2.22. The molecule has 3 rings (SSSR count). The van der Waals surface area contributed by atoms with Crippen LogP contribution < -0.4 is 4.90 Å². The van der Waals surface area contributed by atoms with Crippen molar-refractivity contribution in [1.29, 1.82) is 0 Å². The Hall–Kier alpha value is -2.43. The second kappa shape index (κ2) is 6.36. The number of hydrogen-bond donors (Lipinski definition) is 0. The fourth-order valence-corrected chi connectivity index (χ4v) is 3.03. The maximum absolute atomic E-state index is 12.0. The minimum atomic E-state index is -0.387. The molecule has 0 spiro atoms. The first kappa shape index (κ1) is 15.5. The van der Waals surface area contributed by atoms with Crippen molar-refractivity contribution in [3.05, 3.63) is 52.5 Å². The first-order chi connectivity index (χ1) is 11.1. The molecule has 23 heavy (non-hydrogen) atoms. The molecule has 1 aromatic heterocycles. The van der Waals surface area contributed by atoms with Crippen molar-refractivity contribution in [3.8, 4) is 0 Å². The summed E-state index contributed by atoms with van der Waals surface area (Å²) in [6.45, 7) is 7.81. The molecule has 5 nitrogen and oxygen atoms in total. The second-order valence-electron chi connectivity index (χ2n) is 5.84. The van der Waals surface area contributed by atoms with Gasteiger partial charge in [-0.15, -0.1) is 0 Å². The lowest BCUT2D eigenvalue weighted by Crippen LogP contribution is -2.32. The molecule has 0 unspecified atom stereocenters. The Labute approximate surface area is 136 Å². The Morgan fingerprint density at radius 3 is 2.87 bits per heavy atom. The summed E-state index contributed by atoms with van der Waals surface area (Å²) >= 11 is 0. The topological polar surface area (TPSA) is 55.3 Å². The van der Waals surface area contributed by atoms with E-state index >= 15 is 0 Å². The Morgan fingerprint density at radius 1 is 1.26 bits per heavy atom. The third kappa shape index (κ3) is 3.04. The van der Waals surface area contributed by atoms with Gasteiger partial charge in [0, 0.05) is 18.7 Å². The molecule has 0 fully saturated rings. The number of ether oxygens (including phenoxy) is 1. The Bertz CT molecular complexity index is 743. The third-order valence-corrected chi connectivity index (χ3v) is 4.20. The predicted molar refractivity (Wildman–Crippen MR) is 88.7 cm³/mol. The highest BCUT2D eigenvalue weighted by molar-refractivity contribution is 5.90. The average Bonchev–Trinajstić information content (AvgIpc) is 2.54. The number of aromatic nitrogens is 2. The highest BCUT2D eigenvalue weighted by Crippen LogP contribution is 2.27. The molecule has 0 saturated heterocycles. The summed E-state index contributed by atoms with van der Waals surface area (Å²) in [5.74, 6) is 0.428. The fraction of sp³-hybridized carbons (Fsp3) is 0.389. The highest BCUT2D eigenvalue weighted by atomic mass is 16.5. The zero-order valence-electron chi connectivity index (χ0n) is 13.8. The van der Waals surface area contributed by atoms with Crippen LogP contribution in [0.2, 0.25) is 0 Å². The molecule has 5 heteroatoms. The number of carbonyl (C=O) groups excluding carboxylic acids is 1. The van der Waals surface area contributed by atoms with E-state index in [2.05, 4.69) is 40.0 Å². The largest absolute Gasteiger partial charge is 0.461 e. The SMILES string of the molecule is CCOC(=O)c1ncnc(N2CCc3ccc(C)cc3C2)c1C. The number of aryl methyl sites for hydroxylation is 1. The van der Waals surface area contributed by atoms with Gasteiger partial charge >= 0.3 is 5.97 Å². The summed E-state index contributed by atoms with van der Waals surface area (Å²) in [5, 5.41) is 0. The zero-order valence-corrected chi connectivity index (χ0v) is 13.8. The van der Waals surface area contributed by atoms with Crippen LogP contribution >= 0.6 is 0 Å².